The Kier molecular flexibility index (Phi) is 6.16. The Hall–Kier alpha value is -2.34. The molecule has 6 heteroatoms. The zero-order valence-corrected chi connectivity index (χ0v) is 16.4. The number of hydrogen-bond acceptors (Lipinski definition) is 4. The highest BCUT2D eigenvalue weighted by Gasteiger charge is 2.18. The van der Waals surface area contributed by atoms with Crippen molar-refractivity contribution < 1.29 is 14.3 Å². The third-order valence-corrected chi connectivity index (χ3v) is 4.91. The van der Waals surface area contributed by atoms with Crippen LogP contribution in [0.25, 0.3) is 10.9 Å². The largest absolute Gasteiger partial charge is 0.484 e. The van der Waals surface area contributed by atoms with Crippen LogP contribution in [-0.2, 0) is 16.1 Å². The molecule has 0 saturated carbocycles. The first kappa shape index (κ1) is 19.4. The molecule has 0 aliphatic carbocycles. The van der Waals surface area contributed by atoms with Gasteiger partial charge in [0.2, 0.25) is 0 Å². The molecular formula is C21H28N2O4. The van der Waals surface area contributed by atoms with E-state index in [1.165, 1.54) is 0 Å². The van der Waals surface area contributed by atoms with Crippen LogP contribution < -0.4 is 10.3 Å². The monoisotopic (exact) mass is 372 g/mol. The van der Waals surface area contributed by atoms with Gasteiger partial charge in [-0.15, -0.1) is 0 Å². The molecule has 2 aromatic rings. The van der Waals surface area contributed by atoms with Crippen molar-refractivity contribution in [2.24, 2.45) is 0 Å². The normalized spacial score (nSPS) is 14.7. The molecule has 1 fully saturated rings. The summed E-state index contributed by atoms with van der Waals surface area (Å²) in [5.41, 5.74) is 1.91. The van der Waals surface area contributed by atoms with Crippen LogP contribution in [0.2, 0.25) is 0 Å². The fourth-order valence-electron chi connectivity index (χ4n) is 3.46. The molecule has 1 aliphatic heterocycles. The molecule has 1 aromatic heterocycles. The van der Waals surface area contributed by atoms with Crippen LogP contribution in [0.15, 0.2) is 29.1 Å². The van der Waals surface area contributed by atoms with Crippen molar-refractivity contribution in [1.82, 2.24) is 9.47 Å². The number of aromatic nitrogens is 1. The SMILES string of the molecule is CCCn1c(=O)cc(C(C)C)c2ccc(OCC(=O)N3CCOCC3)cc21. The second-order valence-corrected chi connectivity index (χ2v) is 7.21. The minimum absolute atomic E-state index is 0.00656. The van der Waals surface area contributed by atoms with E-state index in [0.29, 0.717) is 38.6 Å². The highest BCUT2D eigenvalue weighted by molar-refractivity contribution is 5.84. The van der Waals surface area contributed by atoms with Crippen LogP contribution in [0.3, 0.4) is 0 Å². The van der Waals surface area contributed by atoms with E-state index in [9.17, 15) is 9.59 Å². The summed E-state index contributed by atoms with van der Waals surface area (Å²) in [6, 6.07) is 7.49. The minimum Gasteiger partial charge on any atom is -0.484 e. The van der Waals surface area contributed by atoms with Gasteiger partial charge in [0.25, 0.3) is 11.5 Å². The summed E-state index contributed by atoms with van der Waals surface area (Å²) in [4.78, 5) is 26.6. The van der Waals surface area contributed by atoms with E-state index in [2.05, 4.69) is 20.8 Å². The lowest BCUT2D eigenvalue weighted by molar-refractivity contribution is -0.137. The quantitative estimate of drug-likeness (QED) is 0.782. The average Bonchev–Trinajstić information content (AvgIpc) is 2.68. The smallest absolute Gasteiger partial charge is 0.260 e. The maximum atomic E-state index is 12.6. The van der Waals surface area contributed by atoms with Crippen molar-refractivity contribution in [2.75, 3.05) is 32.9 Å². The van der Waals surface area contributed by atoms with Gasteiger partial charge in [-0.1, -0.05) is 20.8 Å². The van der Waals surface area contributed by atoms with E-state index < -0.39 is 0 Å². The maximum absolute atomic E-state index is 12.6. The summed E-state index contributed by atoms with van der Waals surface area (Å²) in [6.45, 7) is 9.23. The summed E-state index contributed by atoms with van der Waals surface area (Å²) in [7, 11) is 0. The molecule has 27 heavy (non-hydrogen) atoms. The van der Waals surface area contributed by atoms with E-state index in [1.54, 1.807) is 15.5 Å². The topological polar surface area (TPSA) is 60.8 Å². The molecule has 1 aromatic carbocycles. The van der Waals surface area contributed by atoms with Gasteiger partial charge >= 0.3 is 0 Å². The molecule has 146 valence electrons. The Morgan fingerprint density at radius 2 is 1.96 bits per heavy atom. The second kappa shape index (κ2) is 8.57. The van der Waals surface area contributed by atoms with Crippen molar-refractivity contribution >= 4 is 16.8 Å². The molecule has 0 N–H and O–H groups in total. The number of hydrogen-bond donors (Lipinski definition) is 0. The Balaban J connectivity index is 1.87. The molecule has 1 amide bonds. The van der Waals surface area contributed by atoms with Gasteiger partial charge < -0.3 is 18.9 Å². The Labute approximate surface area is 159 Å². The Morgan fingerprint density at radius 3 is 2.63 bits per heavy atom. The number of nitrogens with zero attached hydrogens (tertiary/aromatic N) is 2. The fraction of sp³-hybridized carbons (Fsp3) is 0.524. The number of carbonyl (C=O) groups is 1. The predicted molar refractivity (Wildman–Crippen MR) is 105 cm³/mol. The van der Waals surface area contributed by atoms with E-state index in [0.717, 1.165) is 22.9 Å². The molecule has 6 nitrogen and oxygen atoms in total. The molecule has 1 saturated heterocycles. The van der Waals surface area contributed by atoms with Gasteiger partial charge in [0, 0.05) is 37.2 Å². The summed E-state index contributed by atoms with van der Waals surface area (Å²) >= 11 is 0. The zero-order valence-electron chi connectivity index (χ0n) is 16.4. The lowest BCUT2D eigenvalue weighted by Crippen LogP contribution is -2.42. The number of aryl methyl sites for hydroxylation is 1. The molecule has 3 rings (SSSR count). The van der Waals surface area contributed by atoms with Crippen molar-refractivity contribution in [1.29, 1.82) is 0 Å². The van der Waals surface area contributed by atoms with Crippen molar-refractivity contribution in [2.45, 2.75) is 39.7 Å². The van der Waals surface area contributed by atoms with Crippen molar-refractivity contribution in [3.05, 3.63) is 40.2 Å². The van der Waals surface area contributed by atoms with Gasteiger partial charge in [0.05, 0.1) is 18.7 Å². The average molecular weight is 372 g/mol. The first-order valence-electron chi connectivity index (χ1n) is 9.67. The van der Waals surface area contributed by atoms with E-state index in [-0.39, 0.29) is 24.0 Å². The second-order valence-electron chi connectivity index (χ2n) is 7.21. The number of carbonyl (C=O) groups excluding carboxylic acids is 1. The fourth-order valence-corrected chi connectivity index (χ4v) is 3.46. The Bertz CT molecular complexity index is 866. The number of fused-ring (bicyclic) bond motifs is 1. The summed E-state index contributed by atoms with van der Waals surface area (Å²) in [5.74, 6) is 0.820. The summed E-state index contributed by atoms with van der Waals surface area (Å²) < 4.78 is 12.8. The highest BCUT2D eigenvalue weighted by atomic mass is 16.5. The molecule has 0 unspecified atom stereocenters. The van der Waals surface area contributed by atoms with Gasteiger partial charge in [-0.05, 0) is 30.0 Å². The third kappa shape index (κ3) is 4.33. The minimum atomic E-state index is -0.0414. The van der Waals surface area contributed by atoms with Gasteiger partial charge in [-0.2, -0.15) is 0 Å². The van der Waals surface area contributed by atoms with Crippen LogP contribution in [-0.4, -0.2) is 48.3 Å². The van der Waals surface area contributed by atoms with E-state index >= 15 is 0 Å². The number of pyridine rings is 1. The summed E-state index contributed by atoms with van der Waals surface area (Å²) in [5, 5.41) is 1.06. The van der Waals surface area contributed by atoms with Crippen molar-refractivity contribution in [3.8, 4) is 5.75 Å². The van der Waals surface area contributed by atoms with Gasteiger partial charge in [-0.3, -0.25) is 9.59 Å². The standard InChI is InChI=1S/C21H28N2O4/c1-4-7-23-19-12-16(27-14-21(25)22-8-10-26-11-9-22)5-6-17(19)18(15(2)3)13-20(23)24/h5-6,12-13,15H,4,7-11,14H2,1-3H3. The molecule has 0 spiro atoms. The van der Waals surface area contributed by atoms with E-state index in [4.69, 9.17) is 9.47 Å². The number of morpholine rings is 1. The number of benzene rings is 1. The van der Waals surface area contributed by atoms with Gasteiger partial charge in [0.15, 0.2) is 6.61 Å². The number of ether oxygens (including phenoxy) is 2. The van der Waals surface area contributed by atoms with Gasteiger partial charge in [0.1, 0.15) is 5.75 Å². The van der Waals surface area contributed by atoms with Crippen LogP contribution in [0.1, 0.15) is 38.7 Å². The number of amides is 1. The molecule has 0 radical (unpaired) electrons. The van der Waals surface area contributed by atoms with Crippen LogP contribution in [0.4, 0.5) is 0 Å². The first-order valence-corrected chi connectivity index (χ1v) is 9.67. The molecule has 0 atom stereocenters. The van der Waals surface area contributed by atoms with Crippen LogP contribution >= 0.6 is 0 Å². The lowest BCUT2D eigenvalue weighted by Gasteiger charge is -2.26. The zero-order chi connectivity index (χ0) is 19.4. The third-order valence-electron chi connectivity index (χ3n) is 4.91. The maximum Gasteiger partial charge on any atom is 0.260 e. The molecule has 0 bridgehead atoms. The first-order chi connectivity index (χ1) is 13.0. The Morgan fingerprint density at radius 1 is 1.22 bits per heavy atom. The van der Waals surface area contributed by atoms with Crippen LogP contribution in [0, 0.1) is 0 Å². The van der Waals surface area contributed by atoms with Crippen LogP contribution in [0.5, 0.6) is 5.75 Å². The predicted octanol–water partition coefficient (Wildman–Crippen LogP) is 2.77. The van der Waals surface area contributed by atoms with Gasteiger partial charge in [-0.25, -0.2) is 0 Å². The van der Waals surface area contributed by atoms with Crippen molar-refractivity contribution in [3.63, 3.8) is 0 Å². The molecular weight excluding hydrogens is 344 g/mol. The highest BCUT2D eigenvalue weighted by Crippen LogP contribution is 2.27. The molecule has 2 heterocycles. The molecule has 1 aliphatic rings. The lowest BCUT2D eigenvalue weighted by atomic mass is 9.98. The number of rotatable bonds is 6. The van der Waals surface area contributed by atoms with E-state index in [1.807, 2.05) is 18.2 Å². The summed E-state index contributed by atoms with van der Waals surface area (Å²) in [6.07, 6.45) is 0.872.